The van der Waals surface area contributed by atoms with Crippen LogP contribution in [0.3, 0.4) is 0 Å². The Morgan fingerprint density at radius 2 is 2.07 bits per heavy atom. The van der Waals surface area contributed by atoms with Crippen molar-refractivity contribution < 1.29 is 13.9 Å². The number of aromatic nitrogens is 1. The Morgan fingerprint density at radius 1 is 1.50 bits per heavy atom. The minimum absolute atomic E-state index is 0.246. The Kier molecular flexibility index (Phi) is 2.97. The SMILES string of the molecule is C=C(C)CC#COn1oc(=O)c(=O)o1. The third-order valence-electron chi connectivity index (χ3n) is 1.06. The summed E-state index contributed by atoms with van der Waals surface area (Å²) in [6.45, 7) is 5.40. The summed E-state index contributed by atoms with van der Waals surface area (Å²) in [5.41, 5.74) is -1.44. The molecule has 14 heavy (non-hydrogen) atoms. The van der Waals surface area contributed by atoms with Crippen molar-refractivity contribution in [1.82, 2.24) is 5.08 Å². The fourth-order valence-electron chi connectivity index (χ4n) is 0.522. The standard InChI is InChI=1S/C8H7NO5/c1-6(2)4-3-5-12-9-13-7(10)8(11)14-9/h1,4H2,2H3. The molecule has 0 fully saturated rings. The molecular formula is C8H7NO5. The molecule has 0 atom stereocenters. The fraction of sp³-hybridized carbons (Fsp3) is 0.250. The molecule has 0 saturated carbocycles. The molecule has 0 spiro atoms. The predicted octanol–water partition coefficient (Wildman–Crippen LogP) is -0.250. The average Bonchev–Trinajstić information content (AvgIpc) is 2.40. The third-order valence-corrected chi connectivity index (χ3v) is 1.06. The Balaban J connectivity index is 2.61. The van der Waals surface area contributed by atoms with Crippen LogP contribution in [-0.4, -0.2) is 5.08 Å². The van der Waals surface area contributed by atoms with Crippen LogP contribution in [0.15, 0.2) is 30.8 Å². The highest BCUT2D eigenvalue weighted by Crippen LogP contribution is 1.90. The second-order valence-corrected chi connectivity index (χ2v) is 2.49. The lowest BCUT2D eigenvalue weighted by Gasteiger charge is -1.87. The summed E-state index contributed by atoms with van der Waals surface area (Å²) < 4.78 is 8.31. The summed E-state index contributed by atoms with van der Waals surface area (Å²) in [5.74, 6) is 2.55. The average molecular weight is 197 g/mol. The van der Waals surface area contributed by atoms with Crippen molar-refractivity contribution >= 4 is 0 Å². The Bertz CT molecular complexity index is 465. The van der Waals surface area contributed by atoms with Gasteiger partial charge in [0.15, 0.2) is 11.2 Å². The molecular weight excluding hydrogens is 190 g/mol. The minimum Gasteiger partial charge on any atom is -0.264 e. The topological polar surface area (TPSA) is 74.6 Å². The largest absolute Gasteiger partial charge is 0.449 e. The normalized spacial score (nSPS) is 8.93. The number of rotatable bonds is 2. The van der Waals surface area contributed by atoms with Crippen LogP contribution in [0.2, 0.25) is 0 Å². The van der Waals surface area contributed by atoms with E-state index in [2.05, 4.69) is 32.5 Å². The van der Waals surface area contributed by atoms with Crippen molar-refractivity contribution in [3.8, 4) is 12.0 Å². The number of hydrogen-bond acceptors (Lipinski definition) is 5. The Hall–Kier alpha value is -2.16. The number of nitrogens with zero attached hydrogens (tertiary/aromatic N) is 1. The summed E-state index contributed by atoms with van der Waals surface area (Å²) in [6.07, 6.45) is 2.60. The van der Waals surface area contributed by atoms with Crippen LogP contribution in [0.4, 0.5) is 0 Å². The number of hydrogen-bond donors (Lipinski definition) is 0. The van der Waals surface area contributed by atoms with E-state index in [-0.39, 0.29) is 5.08 Å². The molecule has 0 aromatic carbocycles. The molecule has 0 amide bonds. The van der Waals surface area contributed by atoms with Crippen LogP contribution in [0, 0.1) is 12.0 Å². The first kappa shape index (κ1) is 9.92. The Labute approximate surface area is 78.3 Å². The van der Waals surface area contributed by atoms with Crippen molar-refractivity contribution in [3.63, 3.8) is 0 Å². The van der Waals surface area contributed by atoms with Gasteiger partial charge in [0.2, 0.25) is 0 Å². The van der Waals surface area contributed by atoms with E-state index in [4.69, 9.17) is 0 Å². The molecule has 0 unspecified atom stereocenters. The van der Waals surface area contributed by atoms with Crippen LogP contribution in [0.1, 0.15) is 13.3 Å². The minimum atomic E-state index is -1.15. The van der Waals surface area contributed by atoms with E-state index in [1.54, 1.807) is 6.92 Å². The molecule has 0 N–H and O–H groups in total. The quantitative estimate of drug-likeness (QED) is 0.371. The molecule has 74 valence electrons. The van der Waals surface area contributed by atoms with Gasteiger partial charge in [-0.2, -0.15) is 0 Å². The van der Waals surface area contributed by atoms with Gasteiger partial charge in [-0.25, -0.2) is 9.59 Å². The maximum Gasteiger partial charge on any atom is 0.449 e. The van der Waals surface area contributed by atoms with Crippen molar-refractivity contribution in [3.05, 3.63) is 33.0 Å². The summed E-state index contributed by atoms with van der Waals surface area (Å²) in [7, 11) is 0. The lowest BCUT2D eigenvalue weighted by atomic mass is 10.3. The first-order chi connectivity index (χ1) is 6.59. The van der Waals surface area contributed by atoms with Crippen molar-refractivity contribution in [1.29, 1.82) is 0 Å². The molecule has 0 radical (unpaired) electrons. The second kappa shape index (κ2) is 4.18. The monoisotopic (exact) mass is 197 g/mol. The van der Waals surface area contributed by atoms with Crippen molar-refractivity contribution in [2.75, 3.05) is 0 Å². The summed E-state index contributed by atoms with van der Waals surface area (Å²) in [5, 5.41) is 0.246. The van der Waals surface area contributed by atoms with E-state index in [1.165, 1.54) is 0 Å². The Morgan fingerprint density at radius 3 is 2.57 bits per heavy atom. The maximum atomic E-state index is 10.4. The predicted molar refractivity (Wildman–Crippen MR) is 45.3 cm³/mol. The van der Waals surface area contributed by atoms with E-state index in [0.29, 0.717) is 6.42 Å². The van der Waals surface area contributed by atoms with Gasteiger partial charge < -0.3 is 0 Å². The van der Waals surface area contributed by atoms with Crippen LogP contribution in [0.25, 0.3) is 0 Å². The van der Waals surface area contributed by atoms with Gasteiger partial charge in [-0.05, 0) is 6.92 Å². The van der Waals surface area contributed by atoms with Gasteiger partial charge in [-0.1, -0.05) is 18.1 Å². The highest BCUT2D eigenvalue weighted by atomic mass is 17.0. The van der Waals surface area contributed by atoms with Gasteiger partial charge >= 0.3 is 11.3 Å². The zero-order valence-corrected chi connectivity index (χ0v) is 7.40. The van der Waals surface area contributed by atoms with Crippen molar-refractivity contribution in [2.45, 2.75) is 13.3 Å². The van der Waals surface area contributed by atoms with E-state index >= 15 is 0 Å². The molecule has 1 aromatic heterocycles. The van der Waals surface area contributed by atoms with E-state index in [9.17, 15) is 9.59 Å². The van der Waals surface area contributed by atoms with Gasteiger partial charge in [-0.3, -0.25) is 13.9 Å². The first-order valence-corrected chi connectivity index (χ1v) is 3.63. The molecule has 1 heterocycles. The number of allylic oxidation sites excluding steroid dienone is 1. The second-order valence-electron chi connectivity index (χ2n) is 2.49. The maximum absolute atomic E-state index is 10.4. The van der Waals surface area contributed by atoms with E-state index in [1.807, 2.05) is 0 Å². The molecule has 0 aliphatic carbocycles. The van der Waals surface area contributed by atoms with Crippen LogP contribution in [0.5, 0.6) is 0 Å². The highest BCUT2D eigenvalue weighted by Gasteiger charge is 2.03. The molecule has 0 saturated heterocycles. The van der Waals surface area contributed by atoms with E-state index in [0.717, 1.165) is 5.57 Å². The lowest BCUT2D eigenvalue weighted by Crippen LogP contribution is -2.14. The van der Waals surface area contributed by atoms with Crippen LogP contribution in [-0.2, 0) is 0 Å². The molecule has 0 bridgehead atoms. The van der Waals surface area contributed by atoms with Crippen molar-refractivity contribution in [2.24, 2.45) is 0 Å². The lowest BCUT2D eigenvalue weighted by molar-refractivity contribution is -0.0973. The fourth-order valence-corrected chi connectivity index (χ4v) is 0.522. The molecule has 6 nitrogen and oxygen atoms in total. The van der Waals surface area contributed by atoms with Gasteiger partial charge in [0.05, 0.1) is 0 Å². The van der Waals surface area contributed by atoms with Gasteiger partial charge in [0, 0.05) is 6.42 Å². The van der Waals surface area contributed by atoms with E-state index < -0.39 is 11.3 Å². The van der Waals surface area contributed by atoms with Crippen LogP contribution < -0.4 is 16.1 Å². The summed E-state index contributed by atoms with van der Waals surface area (Å²) >= 11 is 0. The molecule has 6 heteroatoms. The van der Waals surface area contributed by atoms with Gasteiger partial charge in [0.25, 0.3) is 0 Å². The zero-order valence-electron chi connectivity index (χ0n) is 7.40. The summed E-state index contributed by atoms with van der Waals surface area (Å²) in [4.78, 5) is 25.3. The first-order valence-electron chi connectivity index (χ1n) is 3.63. The van der Waals surface area contributed by atoms with Gasteiger partial charge in [0.1, 0.15) is 0 Å². The molecule has 1 aromatic rings. The summed E-state index contributed by atoms with van der Waals surface area (Å²) in [6, 6.07) is 0. The zero-order chi connectivity index (χ0) is 10.6. The van der Waals surface area contributed by atoms with Crippen LogP contribution >= 0.6 is 0 Å². The highest BCUT2D eigenvalue weighted by molar-refractivity contribution is 5.05. The molecule has 0 aliphatic heterocycles. The molecule has 1 rings (SSSR count). The third kappa shape index (κ3) is 2.71. The molecule has 0 aliphatic rings. The smallest absolute Gasteiger partial charge is 0.264 e. The van der Waals surface area contributed by atoms with Gasteiger partial charge in [-0.15, -0.1) is 0 Å².